The van der Waals surface area contributed by atoms with Crippen molar-refractivity contribution in [3.63, 3.8) is 0 Å². The molecule has 1 fully saturated rings. The number of fused-ring (bicyclic) bond motifs is 1. The number of hydrogen-bond acceptors (Lipinski definition) is 4. The van der Waals surface area contributed by atoms with Crippen molar-refractivity contribution in [3.8, 4) is 5.75 Å². The fourth-order valence-corrected chi connectivity index (χ4v) is 5.21. The van der Waals surface area contributed by atoms with Gasteiger partial charge in [-0.2, -0.15) is 0 Å². The van der Waals surface area contributed by atoms with Crippen molar-refractivity contribution in [2.45, 2.75) is 91.3 Å². The lowest BCUT2D eigenvalue weighted by atomic mass is 9.55. The third-order valence-corrected chi connectivity index (χ3v) is 8.68. The molecule has 0 unspecified atom stereocenters. The molecule has 3 aromatic carbocycles. The van der Waals surface area contributed by atoms with Gasteiger partial charge in [0.2, 0.25) is 0 Å². The molecule has 41 heavy (non-hydrogen) atoms. The summed E-state index contributed by atoms with van der Waals surface area (Å²) >= 11 is 0. The van der Waals surface area contributed by atoms with Gasteiger partial charge in [-0.25, -0.2) is 0 Å². The fourth-order valence-electron chi connectivity index (χ4n) is 5.21. The third kappa shape index (κ3) is 5.82. The van der Waals surface area contributed by atoms with Crippen LogP contribution in [0.25, 0.3) is 10.9 Å². The first-order chi connectivity index (χ1) is 19.1. The predicted octanol–water partition coefficient (Wildman–Crippen LogP) is 6.31. The number of pyridine rings is 1. The molecule has 0 bridgehead atoms. The van der Waals surface area contributed by atoms with Crippen LogP contribution in [0.3, 0.4) is 0 Å². The van der Waals surface area contributed by atoms with E-state index in [1.807, 2.05) is 18.3 Å². The lowest BCUT2D eigenvalue weighted by molar-refractivity contribution is 0.00578. The third-order valence-electron chi connectivity index (χ3n) is 8.68. The Labute approximate surface area is 247 Å². The van der Waals surface area contributed by atoms with Crippen molar-refractivity contribution in [1.29, 1.82) is 0 Å². The fraction of sp³-hybridized carbons (Fsp3) is 0.400. The van der Waals surface area contributed by atoms with E-state index in [0.29, 0.717) is 0 Å². The second-order valence-corrected chi connectivity index (χ2v) is 14.4. The Morgan fingerprint density at radius 3 is 1.63 bits per heavy atom. The number of nitrogens with zero attached hydrogens (tertiary/aromatic N) is 1. The molecule has 0 spiro atoms. The highest BCUT2D eigenvalue weighted by molar-refractivity contribution is 6.80. The van der Waals surface area contributed by atoms with Crippen LogP contribution in [0, 0.1) is 0 Å². The second kappa shape index (κ2) is 10.3. The van der Waals surface area contributed by atoms with Gasteiger partial charge in [0.1, 0.15) is 11.3 Å². The number of rotatable bonds is 5. The van der Waals surface area contributed by atoms with Gasteiger partial charge in [-0.3, -0.25) is 4.98 Å². The predicted molar refractivity (Wildman–Crippen MR) is 173 cm³/mol. The van der Waals surface area contributed by atoms with Gasteiger partial charge in [0.15, 0.2) is 0 Å². The van der Waals surface area contributed by atoms with Crippen LogP contribution in [0.1, 0.15) is 80.4 Å². The highest BCUT2D eigenvalue weighted by Crippen LogP contribution is 2.37. The number of aromatic nitrogens is 1. The minimum Gasteiger partial charge on any atom is -0.550 e. The van der Waals surface area contributed by atoms with Crippen LogP contribution in [-0.2, 0) is 20.1 Å². The Hall–Kier alpha value is -3.08. The molecule has 0 atom stereocenters. The quantitative estimate of drug-likeness (QED) is 0.275. The van der Waals surface area contributed by atoms with Gasteiger partial charge >= 0.3 is 14.0 Å². The van der Waals surface area contributed by atoms with Crippen LogP contribution < -0.4 is 21.0 Å². The van der Waals surface area contributed by atoms with Gasteiger partial charge in [-0.05, 0) is 78.2 Å². The lowest BCUT2D eigenvalue weighted by Gasteiger charge is -2.32. The first-order valence-corrected chi connectivity index (χ1v) is 14.7. The Bertz CT molecular complexity index is 1460. The molecule has 4 nitrogen and oxygen atoms in total. The number of hydrogen-bond donors (Lipinski definition) is 0. The summed E-state index contributed by atoms with van der Waals surface area (Å²) in [5.41, 5.74) is 5.84. The molecule has 1 aliphatic rings. The van der Waals surface area contributed by atoms with E-state index in [4.69, 9.17) is 18.9 Å². The molecule has 1 aliphatic heterocycles. The van der Waals surface area contributed by atoms with Crippen molar-refractivity contribution >= 4 is 41.3 Å². The van der Waals surface area contributed by atoms with Crippen molar-refractivity contribution in [2.75, 3.05) is 0 Å². The molecule has 5 rings (SSSR count). The normalized spacial score (nSPS) is 16.7. The highest BCUT2D eigenvalue weighted by atomic mass is 16.7. The monoisotopic (exact) mass is 547 g/mol. The number of benzene rings is 3. The summed E-state index contributed by atoms with van der Waals surface area (Å²) in [4.78, 5) is 4.78. The Morgan fingerprint density at radius 1 is 0.683 bits per heavy atom. The Kier molecular flexibility index (Phi) is 7.41. The summed E-state index contributed by atoms with van der Waals surface area (Å²) in [6, 6.07) is 25.7. The van der Waals surface area contributed by atoms with E-state index in [9.17, 15) is 0 Å². The van der Waals surface area contributed by atoms with Crippen molar-refractivity contribution in [2.24, 2.45) is 0 Å². The molecule has 212 valence electrons. The molecule has 1 aromatic heterocycles. The van der Waals surface area contributed by atoms with Crippen LogP contribution in [0.4, 0.5) is 0 Å². The van der Waals surface area contributed by atoms with Crippen LogP contribution in [-0.4, -0.2) is 30.2 Å². The molecule has 0 N–H and O–H groups in total. The zero-order chi connectivity index (χ0) is 29.8. The molecule has 0 radical (unpaired) electrons. The van der Waals surface area contributed by atoms with Crippen LogP contribution in [0.2, 0.25) is 0 Å². The van der Waals surface area contributed by atoms with Crippen LogP contribution >= 0.6 is 0 Å². The topological polar surface area (TPSA) is 40.6 Å². The molecule has 6 heteroatoms. The molecule has 0 saturated carbocycles. The summed E-state index contributed by atoms with van der Waals surface area (Å²) in [5, 5.41) is 0.966. The molecule has 4 aromatic rings. The summed E-state index contributed by atoms with van der Waals surface area (Å²) in [7, 11) is -0.480. The standard InChI is InChI=1S/C35H43B2NO3/c1-32(2,3)24-13-17-26(18-14-24)36(27-19-15-25(16-20-27)33(4,5)6)39-30-22-21-29(28-12-11-23-38-31(28)30)37-40-34(7,8)35(9,10)41-37/h11-23H,1-10H3. The van der Waals surface area contributed by atoms with E-state index in [-0.39, 0.29) is 17.7 Å². The average Bonchev–Trinajstić information content (AvgIpc) is 3.12. The highest BCUT2D eigenvalue weighted by Gasteiger charge is 2.52. The molecule has 2 heterocycles. The largest absolute Gasteiger partial charge is 0.550 e. The Morgan fingerprint density at radius 2 is 1.17 bits per heavy atom. The maximum absolute atomic E-state index is 6.91. The van der Waals surface area contributed by atoms with Crippen molar-refractivity contribution in [1.82, 2.24) is 4.98 Å². The van der Waals surface area contributed by atoms with Crippen LogP contribution in [0.15, 0.2) is 79.0 Å². The van der Waals surface area contributed by atoms with E-state index in [1.54, 1.807) is 0 Å². The summed E-state index contributed by atoms with van der Waals surface area (Å²) in [6.45, 7) is 21.4. The average molecular weight is 547 g/mol. The van der Waals surface area contributed by atoms with Gasteiger partial charge in [0.05, 0.1) is 11.2 Å². The van der Waals surface area contributed by atoms with E-state index in [0.717, 1.165) is 33.0 Å². The van der Waals surface area contributed by atoms with Crippen molar-refractivity contribution < 1.29 is 14.0 Å². The first kappa shape index (κ1) is 29.4. The molecule has 0 amide bonds. The summed E-state index contributed by atoms with van der Waals surface area (Å²) in [6.07, 6.45) is 1.81. The maximum Gasteiger partial charge on any atom is 0.495 e. The van der Waals surface area contributed by atoms with Gasteiger partial charge in [-0.1, -0.05) is 102 Å². The lowest BCUT2D eigenvalue weighted by Crippen LogP contribution is -2.48. The summed E-state index contributed by atoms with van der Waals surface area (Å²) in [5.74, 6) is 0.727. The summed E-state index contributed by atoms with van der Waals surface area (Å²) < 4.78 is 19.7. The van der Waals surface area contributed by atoms with E-state index in [2.05, 4.69) is 130 Å². The van der Waals surface area contributed by atoms with E-state index < -0.39 is 18.3 Å². The molecular weight excluding hydrogens is 504 g/mol. The van der Waals surface area contributed by atoms with Crippen molar-refractivity contribution in [3.05, 3.63) is 90.1 Å². The van der Waals surface area contributed by atoms with Gasteiger partial charge in [-0.15, -0.1) is 0 Å². The maximum atomic E-state index is 6.91. The minimum atomic E-state index is -0.480. The SMILES string of the molecule is CC(C)(C)c1ccc(B(Oc2ccc(B3OC(C)(C)C(C)(C)O3)c3cccnc23)c2ccc(C(C)(C)C)cc2)cc1. The zero-order valence-corrected chi connectivity index (χ0v) is 26.3. The molecular formula is C35H43B2NO3. The molecule has 0 aliphatic carbocycles. The van der Waals surface area contributed by atoms with E-state index >= 15 is 0 Å². The van der Waals surface area contributed by atoms with Gasteiger partial charge < -0.3 is 14.0 Å². The first-order valence-electron chi connectivity index (χ1n) is 14.7. The molecule has 1 saturated heterocycles. The van der Waals surface area contributed by atoms with Gasteiger partial charge in [0, 0.05) is 11.6 Å². The zero-order valence-electron chi connectivity index (χ0n) is 26.3. The Balaban J connectivity index is 1.57. The van der Waals surface area contributed by atoms with E-state index in [1.165, 1.54) is 11.1 Å². The minimum absolute atomic E-state index is 0.0761. The van der Waals surface area contributed by atoms with Crippen LogP contribution in [0.5, 0.6) is 5.75 Å². The van der Waals surface area contributed by atoms with Gasteiger partial charge in [0.25, 0.3) is 0 Å². The smallest absolute Gasteiger partial charge is 0.495 e. The second-order valence-electron chi connectivity index (χ2n) is 14.4.